The van der Waals surface area contributed by atoms with E-state index >= 15 is 0 Å². The van der Waals surface area contributed by atoms with Crippen LogP contribution in [0.25, 0.3) is 10.0 Å². The molecule has 0 saturated carbocycles. The standard InChI is InChI=1S/C43H46ClN7O7S.C25H32N2O6.C19H17ClN4O2S/c1-24-25(2)59-43-36(24)38(27-15-17-28(44)18-16-27)46-31(39-49-48-26(3)50(39)43)22-35(54)45-21-10-8-6-4-5-7-9-12-29(52)23-58-33-14-11-13-30-37(33)42(57)51(41(30)56)32-19-20-34(53)47-40(32)55;1-2-3-4-5-6-7-8-9-11-17(28)16-33-20-13-10-12-18-22(20)25(32)27(24(18)31)19-14-15-21(29)26-23(19)30;1-9-10(2)27-19-16(9)17(12-4-6-13(20)7-5-12)21-14(8-15(25)26)18-23-22-11(3)24(18)19/h11,13-18,31-32H,4-10,12,19-23H2,1-3H3,(H,45,54)(H,47,53,55);10,12-13,19H,2-9,11,14-16H2,1H3,(H,26,29,30);4-7,14H,8H2,1-3H3,(H,25,26)/t31-,32?;;14-/m0.0/s1. The topological polar surface area (TPSA) is 372 Å². The number of fused-ring (bicyclic) bond motifs is 8. The molecule has 2 unspecified atom stereocenters. The van der Waals surface area contributed by atoms with E-state index in [1.54, 1.807) is 40.9 Å². The molecule has 6 aliphatic rings. The predicted octanol–water partition coefficient (Wildman–Crippen LogP) is 14.3. The third-order valence-corrected chi connectivity index (χ3v) is 24.8. The number of imide groups is 4. The maximum atomic E-state index is 13.3. The summed E-state index contributed by atoms with van der Waals surface area (Å²) in [6.45, 7) is 14.5. The highest BCUT2D eigenvalue weighted by Crippen LogP contribution is 2.43. The molecule has 624 valence electrons. The number of nitrogens with one attached hydrogen (secondary N) is 3. The van der Waals surface area contributed by atoms with E-state index in [0.29, 0.717) is 47.5 Å². The Balaban J connectivity index is 0.000000182. The van der Waals surface area contributed by atoms with Gasteiger partial charge in [0, 0.05) is 74.3 Å². The van der Waals surface area contributed by atoms with Crippen LogP contribution in [0.5, 0.6) is 11.5 Å². The first-order valence-electron chi connectivity index (χ1n) is 40.4. The van der Waals surface area contributed by atoms with Crippen molar-refractivity contribution in [2.45, 2.75) is 220 Å². The number of aromatic nitrogens is 6. The van der Waals surface area contributed by atoms with Crippen molar-refractivity contribution < 1.29 is 72.1 Å². The van der Waals surface area contributed by atoms with E-state index in [1.165, 1.54) is 60.1 Å². The number of thiophene rings is 2. The molecule has 119 heavy (non-hydrogen) atoms. The molecule has 28 nitrogen and oxygen atoms in total. The largest absolute Gasteiger partial charge is 0.485 e. The maximum absolute atomic E-state index is 13.3. The zero-order chi connectivity index (χ0) is 84.9. The van der Waals surface area contributed by atoms with Gasteiger partial charge in [-0.3, -0.25) is 97.1 Å². The van der Waals surface area contributed by atoms with Gasteiger partial charge in [-0.15, -0.1) is 43.1 Å². The average molecular weight is 1700 g/mol. The molecule has 4 aromatic heterocycles. The van der Waals surface area contributed by atoms with Crippen molar-refractivity contribution in [2.24, 2.45) is 9.98 Å². The van der Waals surface area contributed by atoms with E-state index in [9.17, 15) is 62.6 Å². The fraction of sp³-hybridized carbons (Fsp3) is 0.425. The van der Waals surface area contributed by atoms with E-state index in [1.807, 2.05) is 71.5 Å². The molecular formula is C87H95Cl2N13O15S2. The fourth-order valence-corrected chi connectivity index (χ4v) is 18.0. The Morgan fingerprint density at radius 3 is 1.29 bits per heavy atom. The minimum atomic E-state index is -1.08. The number of hydrogen-bond acceptors (Lipinski definition) is 22. The van der Waals surface area contributed by atoms with Crippen molar-refractivity contribution >= 4 is 128 Å². The smallest absolute Gasteiger partial charge is 0.306 e. The van der Waals surface area contributed by atoms with E-state index < -0.39 is 77.4 Å². The summed E-state index contributed by atoms with van der Waals surface area (Å²) >= 11 is 15.6. The zero-order valence-corrected chi connectivity index (χ0v) is 70.6. The number of aliphatic carboxylic acids is 1. The van der Waals surface area contributed by atoms with Crippen LogP contribution in [0.15, 0.2) is 94.9 Å². The summed E-state index contributed by atoms with van der Waals surface area (Å²) in [5.41, 5.74) is 8.00. The molecule has 0 spiro atoms. The summed E-state index contributed by atoms with van der Waals surface area (Å²) in [6, 6.07) is 21.0. The Labute approximate surface area is 706 Å². The lowest BCUT2D eigenvalue weighted by molar-refractivity contribution is -0.138. The van der Waals surface area contributed by atoms with Crippen LogP contribution in [0.3, 0.4) is 0 Å². The maximum Gasteiger partial charge on any atom is 0.306 e. The molecule has 10 heterocycles. The number of ether oxygens (including phenoxy) is 2. The third-order valence-electron chi connectivity index (χ3n) is 21.9. The van der Waals surface area contributed by atoms with Gasteiger partial charge in [0.15, 0.2) is 23.2 Å². The summed E-state index contributed by atoms with van der Waals surface area (Å²) in [7, 11) is 0. The van der Waals surface area contributed by atoms with Gasteiger partial charge in [-0.05, 0) is 133 Å². The Kier molecular flexibility index (Phi) is 29.1. The number of carboxylic acids is 1. The van der Waals surface area contributed by atoms with Gasteiger partial charge in [-0.25, -0.2) is 0 Å². The van der Waals surface area contributed by atoms with Gasteiger partial charge in [-0.2, -0.15) is 0 Å². The van der Waals surface area contributed by atoms with E-state index in [0.717, 1.165) is 134 Å². The first kappa shape index (κ1) is 87.2. The van der Waals surface area contributed by atoms with Crippen LogP contribution in [-0.2, 0) is 38.4 Å². The molecule has 14 rings (SSSR count). The molecule has 32 heteroatoms. The second-order valence-electron chi connectivity index (χ2n) is 30.3. The number of halogens is 2. The summed E-state index contributed by atoms with van der Waals surface area (Å²) in [6.07, 6.45) is 16.5. The highest BCUT2D eigenvalue weighted by Gasteiger charge is 2.48. The van der Waals surface area contributed by atoms with Gasteiger partial charge >= 0.3 is 5.97 Å². The first-order chi connectivity index (χ1) is 57.2. The van der Waals surface area contributed by atoms with E-state index in [-0.39, 0.29) is 103 Å². The van der Waals surface area contributed by atoms with Crippen LogP contribution in [-0.4, -0.2) is 158 Å². The molecule has 4 aromatic carbocycles. The van der Waals surface area contributed by atoms with Crippen LogP contribution < -0.4 is 25.4 Å². The van der Waals surface area contributed by atoms with Gasteiger partial charge in [0.05, 0.1) is 46.5 Å². The number of rotatable bonds is 33. The molecule has 9 amide bonds. The lowest BCUT2D eigenvalue weighted by Crippen LogP contribution is -2.54. The zero-order valence-electron chi connectivity index (χ0n) is 67.5. The average Bonchev–Trinajstić information content (AvgIpc) is 1.62. The van der Waals surface area contributed by atoms with Crippen LogP contribution in [0.1, 0.15) is 275 Å². The number of carbonyl (C=O) groups excluding carboxylic acids is 11. The fourth-order valence-electron chi connectivity index (χ4n) is 15.4. The van der Waals surface area contributed by atoms with Crippen LogP contribution in [0, 0.1) is 41.5 Å². The van der Waals surface area contributed by atoms with Gasteiger partial charge < -0.3 is 19.9 Å². The van der Waals surface area contributed by atoms with Gasteiger partial charge in [0.2, 0.25) is 29.5 Å². The number of aryl methyl sites for hydroxylation is 4. The van der Waals surface area contributed by atoms with Crippen molar-refractivity contribution in [1.82, 2.24) is 55.3 Å². The molecule has 0 bridgehead atoms. The lowest BCUT2D eigenvalue weighted by atomic mass is 9.99. The second kappa shape index (κ2) is 39.7. The van der Waals surface area contributed by atoms with Gasteiger partial charge in [0.25, 0.3) is 23.6 Å². The van der Waals surface area contributed by atoms with Crippen molar-refractivity contribution in [1.29, 1.82) is 0 Å². The summed E-state index contributed by atoms with van der Waals surface area (Å²) < 4.78 is 15.3. The third kappa shape index (κ3) is 20.1. The molecule has 0 aliphatic carbocycles. The number of Topliss-reactive ketones (excluding diaryl/α,β-unsaturated/α-hetero) is 2. The normalized spacial score (nSPS) is 17.1. The number of benzene rings is 4. The molecule has 4 atom stereocenters. The number of amides is 9. The van der Waals surface area contributed by atoms with Crippen molar-refractivity contribution in [3.8, 4) is 21.5 Å². The number of hydrogen-bond donors (Lipinski definition) is 4. The Hall–Kier alpha value is -11.1. The van der Waals surface area contributed by atoms with Crippen LogP contribution in [0.2, 0.25) is 10.0 Å². The molecule has 2 fully saturated rings. The monoisotopic (exact) mass is 1700 g/mol. The first-order valence-corrected chi connectivity index (χ1v) is 42.8. The molecule has 2 saturated heterocycles. The Bertz CT molecular complexity index is 5330. The number of piperidine rings is 2. The summed E-state index contributed by atoms with van der Waals surface area (Å²) in [5, 5.41) is 37.4. The Morgan fingerprint density at radius 1 is 0.496 bits per heavy atom. The number of carboxylic acid groups (broad SMARTS) is 1. The minimum absolute atomic E-state index is 0.0234. The number of unbranched alkanes of at least 4 members (excludes halogenated alkanes) is 13. The number of nitrogens with zero attached hydrogens (tertiary/aromatic N) is 10. The van der Waals surface area contributed by atoms with E-state index in [2.05, 4.69) is 71.0 Å². The van der Waals surface area contributed by atoms with Crippen LogP contribution >= 0.6 is 45.9 Å². The van der Waals surface area contributed by atoms with Crippen LogP contribution in [0.4, 0.5) is 0 Å². The molecule has 6 aliphatic heterocycles. The second-order valence-corrected chi connectivity index (χ2v) is 33.6. The molecular weight excluding hydrogens is 1600 g/mol. The Morgan fingerprint density at radius 2 is 0.891 bits per heavy atom. The van der Waals surface area contributed by atoms with Gasteiger partial charge in [0.1, 0.15) is 70.5 Å². The summed E-state index contributed by atoms with van der Waals surface area (Å²) in [4.78, 5) is 164. The number of ketones is 2. The molecule has 8 aromatic rings. The predicted molar refractivity (Wildman–Crippen MR) is 448 cm³/mol. The highest BCUT2D eigenvalue weighted by atomic mass is 35.5. The lowest BCUT2D eigenvalue weighted by Gasteiger charge is -2.27. The van der Waals surface area contributed by atoms with Crippen molar-refractivity contribution in [3.05, 3.63) is 184 Å². The quantitative estimate of drug-likeness (QED) is 0.0219. The number of carbonyl (C=O) groups is 12. The number of aliphatic imine (C=N–C) groups is 2. The van der Waals surface area contributed by atoms with Gasteiger partial charge in [-0.1, -0.05) is 144 Å². The SMILES string of the molecule is CCCCCCCCCCC(=O)COc1cccc2c1C(=O)N(C1CCC(=O)NC1=O)C2=O.Cc1sc2c(c1C)C(c1ccc(Cl)cc1)=N[C@@H](CC(=O)NCCCCCCCCCC(=O)COc1cccc3c1C(=O)N(C1CCC(=O)NC1=O)C3=O)c1nnc(C)n1-2.Cc1sc2c(c1C)C(c1ccc(Cl)cc1)=N[C@@H](CC(=O)O)c1nnc(C)n1-2. The summed E-state index contributed by atoms with van der Waals surface area (Å²) in [5.74, 6) is -3.04. The molecule has 0 radical (unpaired) electrons. The van der Waals surface area contributed by atoms with E-state index in [4.69, 9.17) is 42.7 Å². The minimum Gasteiger partial charge on any atom is -0.485 e. The van der Waals surface area contributed by atoms with Crippen molar-refractivity contribution in [2.75, 3.05) is 19.8 Å². The van der Waals surface area contributed by atoms with Crippen molar-refractivity contribution in [3.63, 3.8) is 0 Å². The molecule has 4 N–H and O–H groups in total. The highest BCUT2D eigenvalue weighted by molar-refractivity contribution is 7.15.